The Bertz CT molecular complexity index is 684. The van der Waals surface area contributed by atoms with Gasteiger partial charge in [0.15, 0.2) is 17.2 Å². The fraction of sp³-hybridized carbons (Fsp3) is 0.312. The molecule has 0 radical (unpaired) electrons. The van der Waals surface area contributed by atoms with Crippen LogP contribution in [0.1, 0.15) is 33.5 Å². The quantitative estimate of drug-likeness (QED) is 0.590. The van der Waals surface area contributed by atoms with E-state index in [1.165, 1.54) is 6.92 Å². The van der Waals surface area contributed by atoms with Gasteiger partial charge in [-0.15, -0.1) is 0 Å². The minimum Gasteiger partial charge on any atom is -0.486 e. The minimum atomic E-state index is -0.271. The fourth-order valence-electron chi connectivity index (χ4n) is 1.80. The topological polar surface area (TPSA) is 81.4 Å². The molecule has 122 valence electrons. The largest absolute Gasteiger partial charge is 0.486 e. The van der Waals surface area contributed by atoms with Crippen molar-refractivity contribution < 1.29 is 18.8 Å². The highest BCUT2D eigenvalue weighted by atomic mass is 32.2. The summed E-state index contributed by atoms with van der Waals surface area (Å²) in [5, 5.41) is 6.47. The normalized spacial score (nSPS) is 10.3. The predicted octanol–water partition coefficient (Wildman–Crippen LogP) is 2.55. The molecule has 1 aromatic heterocycles. The Morgan fingerprint density at radius 3 is 2.91 bits per heavy atom. The lowest BCUT2D eigenvalue weighted by molar-refractivity contribution is 0.0946. The Kier molecular flexibility index (Phi) is 6.22. The van der Waals surface area contributed by atoms with E-state index >= 15 is 0 Å². The number of aromatic nitrogens is 1. The average Bonchev–Trinajstić information content (AvgIpc) is 3.02. The molecule has 0 saturated carbocycles. The van der Waals surface area contributed by atoms with Gasteiger partial charge in [0.1, 0.15) is 12.4 Å². The van der Waals surface area contributed by atoms with E-state index in [-0.39, 0.29) is 24.0 Å². The van der Waals surface area contributed by atoms with E-state index in [9.17, 15) is 9.59 Å². The van der Waals surface area contributed by atoms with Gasteiger partial charge < -0.3 is 14.6 Å². The van der Waals surface area contributed by atoms with Gasteiger partial charge in [0.2, 0.25) is 0 Å². The number of amides is 1. The van der Waals surface area contributed by atoms with Crippen LogP contribution >= 0.6 is 11.8 Å². The van der Waals surface area contributed by atoms with Crippen molar-refractivity contribution in [3.8, 4) is 5.75 Å². The molecule has 0 atom stereocenters. The molecule has 0 aliphatic carbocycles. The van der Waals surface area contributed by atoms with Crippen LogP contribution in [0.5, 0.6) is 5.75 Å². The fourth-order valence-corrected chi connectivity index (χ4v) is 2.11. The number of ketones is 1. The number of benzene rings is 1. The Hall–Kier alpha value is -2.28. The molecule has 1 aromatic carbocycles. The first-order valence-corrected chi connectivity index (χ1v) is 8.46. The maximum absolute atomic E-state index is 11.8. The van der Waals surface area contributed by atoms with Crippen molar-refractivity contribution in [1.82, 2.24) is 10.5 Å². The molecule has 0 aliphatic rings. The number of carbonyl (C=O) groups excluding carboxylic acids is 2. The highest BCUT2D eigenvalue weighted by Crippen LogP contribution is 2.16. The van der Waals surface area contributed by atoms with Crippen LogP contribution in [0, 0.1) is 0 Å². The van der Waals surface area contributed by atoms with Crippen LogP contribution < -0.4 is 10.1 Å². The molecule has 1 N–H and O–H groups in total. The number of hydrogen-bond donors (Lipinski definition) is 1. The molecule has 0 aliphatic heterocycles. The van der Waals surface area contributed by atoms with E-state index in [2.05, 4.69) is 10.5 Å². The SMILES string of the molecule is CSCCNC(=O)c1cc(COc2cccc(C(C)=O)c2)on1. The summed E-state index contributed by atoms with van der Waals surface area (Å²) in [6, 6.07) is 8.43. The van der Waals surface area contributed by atoms with Crippen LogP contribution in [0.2, 0.25) is 0 Å². The lowest BCUT2D eigenvalue weighted by Gasteiger charge is -2.04. The van der Waals surface area contributed by atoms with Gasteiger partial charge in [-0.25, -0.2) is 0 Å². The number of hydrogen-bond acceptors (Lipinski definition) is 6. The predicted molar refractivity (Wildman–Crippen MR) is 88.0 cm³/mol. The van der Waals surface area contributed by atoms with Crippen molar-refractivity contribution in [3.63, 3.8) is 0 Å². The number of thioether (sulfide) groups is 1. The van der Waals surface area contributed by atoms with Gasteiger partial charge in [0, 0.05) is 23.9 Å². The number of Topliss-reactive ketones (excluding diaryl/α,β-unsaturated/α-hetero) is 1. The first kappa shape index (κ1) is 17.1. The lowest BCUT2D eigenvalue weighted by Crippen LogP contribution is -2.25. The van der Waals surface area contributed by atoms with Gasteiger partial charge in [-0.2, -0.15) is 11.8 Å². The van der Waals surface area contributed by atoms with Crippen molar-refractivity contribution in [2.75, 3.05) is 18.6 Å². The highest BCUT2D eigenvalue weighted by Gasteiger charge is 2.12. The Balaban J connectivity index is 1.90. The smallest absolute Gasteiger partial charge is 0.273 e. The summed E-state index contributed by atoms with van der Waals surface area (Å²) >= 11 is 1.65. The van der Waals surface area contributed by atoms with Gasteiger partial charge >= 0.3 is 0 Å². The summed E-state index contributed by atoms with van der Waals surface area (Å²) in [5.74, 6) is 1.53. The van der Waals surface area contributed by atoms with E-state index in [4.69, 9.17) is 9.26 Å². The average molecular weight is 334 g/mol. The van der Waals surface area contributed by atoms with Crippen molar-refractivity contribution in [2.45, 2.75) is 13.5 Å². The maximum Gasteiger partial charge on any atom is 0.273 e. The first-order chi connectivity index (χ1) is 11.1. The van der Waals surface area contributed by atoms with E-state index in [1.807, 2.05) is 6.26 Å². The molecule has 0 spiro atoms. The molecule has 2 aromatic rings. The highest BCUT2D eigenvalue weighted by molar-refractivity contribution is 7.98. The standard InChI is InChI=1S/C16H18N2O4S/c1-11(19)12-4-3-5-13(8-12)21-10-14-9-15(18-22-14)16(20)17-6-7-23-2/h3-5,8-9H,6-7,10H2,1-2H3,(H,17,20). The molecule has 7 heteroatoms. The zero-order valence-corrected chi connectivity index (χ0v) is 13.8. The molecular weight excluding hydrogens is 316 g/mol. The second kappa shape index (κ2) is 8.38. The van der Waals surface area contributed by atoms with Crippen LogP contribution in [0.3, 0.4) is 0 Å². The third-order valence-corrected chi connectivity index (χ3v) is 3.62. The van der Waals surface area contributed by atoms with Gasteiger partial charge in [-0.05, 0) is 25.3 Å². The third-order valence-electron chi connectivity index (χ3n) is 3.00. The zero-order chi connectivity index (χ0) is 16.7. The van der Waals surface area contributed by atoms with Crippen molar-refractivity contribution >= 4 is 23.5 Å². The van der Waals surface area contributed by atoms with Crippen molar-refractivity contribution in [1.29, 1.82) is 0 Å². The maximum atomic E-state index is 11.8. The lowest BCUT2D eigenvalue weighted by atomic mass is 10.1. The minimum absolute atomic E-state index is 0.0284. The summed E-state index contributed by atoms with van der Waals surface area (Å²) in [6.45, 7) is 2.21. The monoisotopic (exact) mass is 334 g/mol. The Labute approximate surface area is 138 Å². The molecule has 0 bridgehead atoms. The van der Waals surface area contributed by atoms with E-state index in [0.29, 0.717) is 23.6 Å². The molecule has 23 heavy (non-hydrogen) atoms. The first-order valence-electron chi connectivity index (χ1n) is 7.06. The molecule has 6 nitrogen and oxygen atoms in total. The summed E-state index contributed by atoms with van der Waals surface area (Å²) in [4.78, 5) is 23.1. The van der Waals surface area contributed by atoms with Crippen LogP contribution in [0.25, 0.3) is 0 Å². The second-order valence-corrected chi connectivity index (χ2v) is 5.79. The van der Waals surface area contributed by atoms with Crippen molar-refractivity contribution in [2.24, 2.45) is 0 Å². The molecule has 1 heterocycles. The van der Waals surface area contributed by atoms with Crippen LogP contribution in [0.15, 0.2) is 34.9 Å². The third kappa shape index (κ3) is 5.14. The van der Waals surface area contributed by atoms with Gasteiger partial charge in [0.05, 0.1) is 0 Å². The molecule has 0 fully saturated rings. The Morgan fingerprint density at radius 2 is 2.17 bits per heavy atom. The van der Waals surface area contributed by atoms with Crippen LogP contribution in [-0.2, 0) is 6.61 Å². The number of nitrogens with zero attached hydrogens (tertiary/aromatic N) is 1. The van der Waals surface area contributed by atoms with Gasteiger partial charge in [-0.3, -0.25) is 9.59 Å². The number of nitrogens with one attached hydrogen (secondary N) is 1. The van der Waals surface area contributed by atoms with Crippen molar-refractivity contribution in [3.05, 3.63) is 47.3 Å². The van der Waals surface area contributed by atoms with E-state index < -0.39 is 0 Å². The molecule has 2 rings (SSSR count). The van der Waals surface area contributed by atoms with Gasteiger partial charge in [0.25, 0.3) is 5.91 Å². The number of rotatable bonds is 8. The van der Waals surface area contributed by atoms with E-state index in [1.54, 1.807) is 42.1 Å². The summed E-state index contributed by atoms with van der Waals surface area (Å²) in [5.41, 5.74) is 0.802. The van der Waals surface area contributed by atoms with E-state index in [0.717, 1.165) is 5.75 Å². The molecule has 1 amide bonds. The number of carbonyl (C=O) groups is 2. The second-order valence-electron chi connectivity index (χ2n) is 4.80. The summed E-state index contributed by atoms with van der Waals surface area (Å²) in [7, 11) is 0. The van der Waals surface area contributed by atoms with Crippen LogP contribution in [0.4, 0.5) is 0 Å². The van der Waals surface area contributed by atoms with Crippen LogP contribution in [-0.4, -0.2) is 35.4 Å². The molecule has 0 unspecified atom stereocenters. The molecular formula is C16H18N2O4S. The molecule has 0 saturated heterocycles. The van der Waals surface area contributed by atoms with Gasteiger partial charge in [-0.1, -0.05) is 17.3 Å². The summed E-state index contributed by atoms with van der Waals surface area (Å²) < 4.78 is 10.6. The number of ether oxygens (including phenoxy) is 1. The zero-order valence-electron chi connectivity index (χ0n) is 13.0. The summed E-state index contributed by atoms with van der Waals surface area (Å²) in [6.07, 6.45) is 1.97. The Morgan fingerprint density at radius 1 is 1.35 bits per heavy atom.